The van der Waals surface area contributed by atoms with Gasteiger partial charge in [0.05, 0.1) is 6.10 Å². The molecule has 74 valence electrons. The maximum atomic E-state index is 9.67. The molecule has 0 saturated carbocycles. The first-order chi connectivity index (χ1) is 6.13. The predicted octanol–water partition coefficient (Wildman–Crippen LogP) is 1.77. The normalized spacial score (nSPS) is 18.4. The van der Waals surface area contributed by atoms with Gasteiger partial charge >= 0.3 is 0 Å². The first-order valence-electron chi connectivity index (χ1n) is 4.52. The Morgan fingerprint density at radius 2 is 1.92 bits per heavy atom. The van der Waals surface area contributed by atoms with Gasteiger partial charge < -0.3 is 10.8 Å². The van der Waals surface area contributed by atoms with Crippen LogP contribution in [0.5, 0.6) is 0 Å². The second-order valence-corrected chi connectivity index (χ2v) is 3.00. The molecule has 3 N–H and O–H groups in total. The van der Waals surface area contributed by atoms with Crippen molar-refractivity contribution < 1.29 is 5.11 Å². The van der Waals surface area contributed by atoms with Gasteiger partial charge in [-0.05, 0) is 26.3 Å². The Balaban J connectivity index is 4.59. The highest BCUT2D eigenvalue weighted by Crippen LogP contribution is 2.07. The number of aliphatic hydroxyl groups excluding tert-OH is 1. The predicted molar refractivity (Wildman–Crippen MR) is 57.4 cm³/mol. The van der Waals surface area contributed by atoms with Crippen LogP contribution in [0.4, 0.5) is 0 Å². The topological polar surface area (TPSA) is 46.2 Å². The van der Waals surface area contributed by atoms with Crippen molar-refractivity contribution in [1.29, 1.82) is 0 Å². The Labute approximate surface area is 80.5 Å². The lowest BCUT2D eigenvalue weighted by Gasteiger charge is -2.15. The minimum absolute atomic E-state index is 0.243. The van der Waals surface area contributed by atoms with Crippen LogP contribution in [0.15, 0.2) is 36.0 Å². The molecule has 0 spiro atoms. The van der Waals surface area contributed by atoms with E-state index < -0.39 is 6.10 Å². The fourth-order valence-electron chi connectivity index (χ4n) is 0.956. The summed E-state index contributed by atoms with van der Waals surface area (Å²) >= 11 is 0. The average molecular weight is 181 g/mol. The second kappa shape index (κ2) is 6.63. The van der Waals surface area contributed by atoms with Crippen LogP contribution in [0.25, 0.3) is 0 Å². The lowest BCUT2D eigenvalue weighted by Crippen LogP contribution is -2.32. The van der Waals surface area contributed by atoms with Gasteiger partial charge in [0.25, 0.3) is 0 Å². The van der Waals surface area contributed by atoms with Gasteiger partial charge in [0.15, 0.2) is 0 Å². The van der Waals surface area contributed by atoms with E-state index in [9.17, 15) is 5.11 Å². The summed E-state index contributed by atoms with van der Waals surface area (Å²) < 4.78 is 0. The van der Waals surface area contributed by atoms with E-state index in [2.05, 4.69) is 0 Å². The number of hydrogen-bond donors (Lipinski definition) is 2. The maximum absolute atomic E-state index is 9.67. The molecule has 0 aliphatic carbocycles. The standard InChI is InChI=1S/C11H19NO/c1-4-6-8-10(7-5-2)11(13)9(3)12/h4-9,11,13H,12H2,1-3H3/b6-4-,7-5-,10-8+. The van der Waals surface area contributed by atoms with Crippen LogP contribution >= 0.6 is 0 Å². The molecule has 0 bridgehead atoms. The minimum atomic E-state index is -0.590. The van der Waals surface area contributed by atoms with E-state index in [-0.39, 0.29) is 6.04 Å². The van der Waals surface area contributed by atoms with E-state index in [0.29, 0.717) is 0 Å². The first kappa shape index (κ1) is 12.1. The zero-order valence-electron chi connectivity index (χ0n) is 8.57. The molecule has 2 heteroatoms. The molecular formula is C11H19NO. The summed E-state index contributed by atoms with van der Waals surface area (Å²) in [7, 11) is 0. The van der Waals surface area contributed by atoms with Crippen LogP contribution in [0, 0.1) is 0 Å². The monoisotopic (exact) mass is 181 g/mol. The molecule has 13 heavy (non-hydrogen) atoms. The van der Waals surface area contributed by atoms with Gasteiger partial charge in [-0.3, -0.25) is 0 Å². The average Bonchev–Trinajstić information content (AvgIpc) is 2.11. The minimum Gasteiger partial charge on any atom is -0.387 e. The lowest BCUT2D eigenvalue weighted by molar-refractivity contribution is 0.190. The van der Waals surface area contributed by atoms with E-state index in [1.165, 1.54) is 0 Å². The van der Waals surface area contributed by atoms with E-state index in [1.54, 1.807) is 6.92 Å². The third-order valence-corrected chi connectivity index (χ3v) is 1.68. The number of aliphatic hydroxyl groups is 1. The van der Waals surface area contributed by atoms with Crippen molar-refractivity contribution in [2.75, 3.05) is 0 Å². The smallest absolute Gasteiger partial charge is 0.0938 e. The Morgan fingerprint density at radius 1 is 1.31 bits per heavy atom. The molecule has 0 aliphatic rings. The Kier molecular flexibility index (Phi) is 6.20. The number of allylic oxidation sites excluding steroid dienone is 4. The largest absolute Gasteiger partial charge is 0.387 e. The van der Waals surface area contributed by atoms with Crippen molar-refractivity contribution in [1.82, 2.24) is 0 Å². The van der Waals surface area contributed by atoms with Crippen LogP contribution in [-0.4, -0.2) is 17.3 Å². The molecule has 2 atom stereocenters. The Hall–Kier alpha value is -0.860. The molecular weight excluding hydrogens is 162 g/mol. The van der Waals surface area contributed by atoms with Crippen LogP contribution in [-0.2, 0) is 0 Å². The molecule has 0 aliphatic heterocycles. The van der Waals surface area contributed by atoms with E-state index >= 15 is 0 Å². The highest BCUT2D eigenvalue weighted by Gasteiger charge is 2.11. The zero-order chi connectivity index (χ0) is 10.3. The lowest BCUT2D eigenvalue weighted by atomic mass is 10.0. The van der Waals surface area contributed by atoms with Gasteiger partial charge in [-0.1, -0.05) is 30.4 Å². The fourth-order valence-corrected chi connectivity index (χ4v) is 0.956. The molecule has 0 aromatic heterocycles. The number of nitrogens with two attached hydrogens (primary N) is 1. The molecule has 0 radical (unpaired) electrons. The molecule has 0 amide bonds. The quantitative estimate of drug-likeness (QED) is 0.649. The van der Waals surface area contributed by atoms with Gasteiger partial charge in [0.2, 0.25) is 0 Å². The number of hydrogen-bond acceptors (Lipinski definition) is 2. The van der Waals surface area contributed by atoms with Crippen molar-refractivity contribution in [3.8, 4) is 0 Å². The van der Waals surface area contributed by atoms with E-state index in [0.717, 1.165) is 5.57 Å². The summed E-state index contributed by atoms with van der Waals surface area (Å²) in [4.78, 5) is 0. The molecule has 2 nitrogen and oxygen atoms in total. The summed E-state index contributed by atoms with van der Waals surface area (Å²) in [6, 6.07) is -0.243. The molecule has 0 fully saturated rings. The van der Waals surface area contributed by atoms with Gasteiger partial charge in [0, 0.05) is 6.04 Å². The summed E-state index contributed by atoms with van der Waals surface area (Å²) in [5, 5.41) is 9.67. The van der Waals surface area contributed by atoms with E-state index in [1.807, 2.05) is 44.2 Å². The molecule has 0 saturated heterocycles. The summed E-state index contributed by atoms with van der Waals surface area (Å²) in [6.07, 6.45) is 8.84. The van der Waals surface area contributed by atoms with Crippen molar-refractivity contribution >= 4 is 0 Å². The van der Waals surface area contributed by atoms with Crippen molar-refractivity contribution in [2.45, 2.75) is 32.9 Å². The van der Waals surface area contributed by atoms with Crippen LogP contribution < -0.4 is 5.73 Å². The molecule has 2 unspecified atom stereocenters. The number of rotatable bonds is 4. The molecule has 0 aromatic carbocycles. The van der Waals surface area contributed by atoms with Gasteiger partial charge in [-0.15, -0.1) is 0 Å². The fraction of sp³-hybridized carbons (Fsp3) is 0.455. The van der Waals surface area contributed by atoms with E-state index in [4.69, 9.17) is 5.73 Å². The SMILES string of the molecule is C\C=C/C=C(\C=C/C)C(O)C(C)N. The van der Waals surface area contributed by atoms with Crippen molar-refractivity contribution in [3.05, 3.63) is 36.0 Å². The third-order valence-electron chi connectivity index (χ3n) is 1.68. The Morgan fingerprint density at radius 3 is 2.31 bits per heavy atom. The Bertz CT molecular complexity index is 214. The van der Waals surface area contributed by atoms with Crippen molar-refractivity contribution in [3.63, 3.8) is 0 Å². The van der Waals surface area contributed by atoms with Gasteiger partial charge in [0.1, 0.15) is 0 Å². The second-order valence-electron chi connectivity index (χ2n) is 3.00. The summed E-state index contributed by atoms with van der Waals surface area (Å²) in [5.74, 6) is 0. The van der Waals surface area contributed by atoms with Crippen LogP contribution in [0.2, 0.25) is 0 Å². The van der Waals surface area contributed by atoms with Crippen molar-refractivity contribution in [2.24, 2.45) is 5.73 Å². The van der Waals surface area contributed by atoms with Gasteiger partial charge in [-0.25, -0.2) is 0 Å². The summed E-state index contributed by atoms with van der Waals surface area (Å²) in [6.45, 7) is 5.64. The highest BCUT2D eigenvalue weighted by molar-refractivity contribution is 5.28. The third kappa shape index (κ3) is 4.65. The van der Waals surface area contributed by atoms with Crippen LogP contribution in [0.1, 0.15) is 20.8 Å². The zero-order valence-corrected chi connectivity index (χ0v) is 8.57. The van der Waals surface area contributed by atoms with Gasteiger partial charge in [-0.2, -0.15) is 0 Å². The first-order valence-corrected chi connectivity index (χ1v) is 4.52. The summed E-state index contributed by atoms with van der Waals surface area (Å²) in [5.41, 5.74) is 6.43. The molecule has 0 aromatic rings. The molecule has 0 rings (SSSR count). The molecule has 0 heterocycles. The van der Waals surface area contributed by atoms with Crippen LogP contribution in [0.3, 0.4) is 0 Å². The highest BCUT2D eigenvalue weighted by atomic mass is 16.3. The maximum Gasteiger partial charge on any atom is 0.0938 e.